The Bertz CT molecular complexity index is 567. The summed E-state index contributed by atoms with van der Waals surface area (Å²) < 4.78 is 5.95. The molecule has 1 aromatic heterocycles. The topological polar surface area (TPSA) is 34.2 Å². The number of ether oxygens (including phenoxy) is 1. The first-order valence-corrected chi connectivity index (χ1v) is 7.05. The van der Waals surface area contributed by atoms with Crippen LogP contribution in [0.3, 0.4) is 0 Å². The second kappa shape index (κ2) is 7.06. The molecule has 1 heterocycles. The number of nitrogens with one attached hydrogen (secondary N) is 1. The molecule has 0 aliphatic heterocycles. The maximum absolute atomic E-state index is 5.95. The van der Waals surface area contributed by atoms with Gasteiger partial charge >= 0.3 is 0 Å². The summed E-state index contributed by atoms with van der Waals surface area (Å²) in [5, 5.41) is 3.30. The van der Waals surface area contributed by atoms with Gasteiger partial charge in [0.15, 0.2) is 0 Å². The van der Waals surface area contributed by atoms with Gasteiger partial charge in [0.25, 0.3) is 0 Å². The molecule has 2 aromatic rings. The summed E-state index contributed by atoms with van der Waals surface area (Å²) in [4.78, 5) is 4.56. The number of rotatable bonds is 6. The summed E-state index contributed by atoms with van der Waals surface area (Å²) in [6.07, 6.45) is 0. The monoisotopic (exact) mass is 270 g/mol. The Hall–Kier alpha value is -1.87. The van der Waals surface area contributed by atoms with Gasteiger partial charge in [0.2, 0.25) is 0 Å². The molecule has 0 saturated heterocycles. The minimum Gasteiger partial charge on any atom is -0.487 e. The molecule has 1 N–H and O–H groups in total. The Balaban J connectivity index is 2.10. The van der Waals surface area contributed by atoms with Crippen LogP contribution in [0.4, 0.5) is 0 Å². The van der Waals surface area contributed by atoms with E-state index >= 15 is 0 Å². The van der Waals surface area contributed by atoms with Crippen LogP contribution in [-0.4, -0.2) is 11.5 Å². The molecule has 1 aromatic carbocycles. The Morgan fingerprint density at radius 3 is 2.65 bits per heavy atom. The van der Waals surface area contributed by atoms with Gasteiger partial charge in [-0.25, -0.2) is 0 Å². The highest BCUT2D eigenvalue weighted by atomic mass is 16.5. The van der Waals surface area contributed by atoms with Gasteiger partial charge in [-0.3, -0.25) is 4.98 Å². The highest BCUT2D eigenvalue weighted by Crippen LogP contribution is 2.19. The average molecular weight is 270 g/mol. The molecule has 2 rings (SSSR count). The van der Waals surface area contributed by atoms with Crippen molar-refractivity contribution in [3.05, 3.63) is 58.9 Å². The molecule has 0 saturated carbocycles. The normalized spacial score (nSPS) is 10.6. The third-order valence-electron chi connectivity index (χ3n) is 3.26. The third kappa shape index (κ3) is 3.81. The highest BCUT2D eigenvalue weighted by Gasteiger charge is 2.06. The summed E-state index contributed by atoms with van der Waals surface area (Å²) in [6, 6.07) is 12.3. The Kier molecular flexibility index (Phi) is 5.13. The van der Waals surface area contributed by atoms with E-state index in [4.69, 9.17) is 4.74 Å². The van der Waals surface area contributed by atoms with Crippen molar-refractivity contribution in [3.8, 4) is 5.75 Å². The van der Waals surface area contributed by atoms with Crippen molar-refractivity contribution in [1.82, 2.24) is 10.3 Å². The predicted octanol–water partition coefficient (Wildman–Crippen LogP) is 3.39. The molecular weight excluding hydrogens is 248 g/mol. The molecule has 0 atom stereocenters. The Morgan fingerprint density at radius 2 is 1.90 bits per heavy atom. The largest absolute Gasteiger partial charge is 0.487 e. The maximum atomic E-state index is 5.95. The quantitative estimate of drug-likeness (QED) is 0.873. The zero-order chi connectivity index (χ0) is 14.4. The molecule has 0 bridgehead atoms. The van der Waals surface area contributed by atoms with Crippen LogP contribution in [-0.2, 0) is 13.2 Å². The molecular formula is C17H22N2O. The fraction of sp³-hybridized carbons (Fsp3) is 0.353. The van der Waals surface area contributed by atoms with Crippen LogP contribution in [0.2, 0.25) is 0 Å². The van der Waals surface area contributed by atoms with Crippen LogP contribution in [0.25, 0.3) is 0 Å². The zero-order valence-electron chi connectivity index (χ0n) is 12.4. The SMILES string of the molecule is CCNCc1nc(C)ccc1OCc1ccccc1C. The maximum Gasteiger partial charge on any atom is 0.142 e. The Labute approximate surface area is 121 Å². The van der Waals surface area contributed by atoms with Crippen LogP contribution >= 0.6 is 0 Å². The minimum atomic E-state index is 0.580. The van der Waals surface area contributed by atoms with E-state index in [9.17, 15) is 0 Å². The van der Waals surface area contributed by atoms with E-state index in [1.165, 1.54) is 11.1 Å². The van der Waals surface area contributed by atoms with Crippen LogP contribution in [0, 0.1) is 13.8 Å². The average Bonchev–Trinajstić information content (AvgIpc) is 2.45. The van der Waals surface area contributed by atoms with Gasteiger partial charge in [-0.1, -0.05) is 31.2 Å². The molecule has 0 unspecified atom stereocenters. The van der Waals surface area contributed by atoms with Crippen LogP contribution in [0.5, 0.6) is 5.75 Å². The van der Waals surface area contributed by atoms with Gasteiger partial charge in [-0.15, -0.1) is 0 Å². The van der Waals surface area contributed by atoms with E-state index in [1.54, 1.807) is 0 Å². The summed E-state index contributed by atoms with van der Waals surface area (Å²) in [5.74, 6) is 0.861. The van der Waals surface area contributed by atoms with Crippen molar-refractivity contribution >= 4 is 0 Å². The van der Waals surface area contributed by atoms with Gasteiger partial charge in [-0.2, -0.15) is 0 Å². The first-order valence-electron chi connectivity index (χ1n) is 7.05. The van der Waals surface area contributed by atoms with Crippen molar-refractivity contribution in [2.45, 2.75) is 33.9 Å². The standard InChI is InChI=1S/C17H22N2O/c1-4-18-11-16-17(10-9-14(3)19-16)20-12-15-8-6-5-7-13(15)2/h5-10,18H,4,11-12H2,1-3H3. The highest BCUT2D eigenvalue weighted by molar-refractivity contribution is 5.31. The van der Waals surface area contributed by atoms with Crippen molar-refractivity contribution in [3.63, 3.8) is 0 Å². The molecule has 0 amide bonds. The molecule has 106 valence electrons. The molecule has 3 heteroatoms. The van der Waals surface area contributed by atoms with Gasteiger partial charge in [-0.05, 0) is 43.7 Å². The summed E-state index contributed by atoms with van der Waals surface area (Å²) in [6.45, 7) is 8.43. The predicted molar refractivity (Wildman–Crippen MR) is 81.9 cm³/mol. The lowest BCUT2D eigenvalue weighted by Gasteiger charge is -2.13. The van der Waals surface area contributed by atoms with Crippen LogP contribution < -0.4 is 10.1 Å². The van der Waals surface area contributed by atoms with E-state index in [-0.39, 0.29) is 0 Å². The van der Waals surface area contributed by atoms with Crippen molar-refractivity contribution < 1.29 is 4.74 Å². The van der Waals surface area contributed by atoms with Crippen LogP contribution in [0.15, 0.2) is 36.4 Å². The molecule has 3 nitrogen and oxygen atoms in total. The van der Waals surface area contributed by atoms with Crippen molar-refractivity contribution in [1.29, 1.82) is 0 Å². The van der Waals surface area contributed by atoms with Crippen LogP contribution in [0.1, 0.15) is 29.4 Å². The summed E-state index contributed by atoms with van der Waals surface area (Å²) in [5.41, 5.74) is 4.45. The van der Waals surface area contributed by atoms with Crippen molar-refractivity contribution in [2.75, 3.05) is 6.54 Å². The van der Waals surface area contributed by atoms with Gasteiger partial charge < -0.3 is 10.1 Å². The molecule has 0 aliphatic carbocycles. The second-order valence-corrected chi connectivity index (χ2v) is 4.89. The molecule has 20 heavy (non-hydrogen) atoms. The first kappa shape index (κ1) is 14.5. The minimum absolute atomic E-state index is 0.580. The summed E-state index contributed by atoms with van der Waals surface area (Å²) >= 11 is 0. The van der Waals surface area contributed by atoms with E-state index < -0.39 is 0 Å². The van der Waals surface area contributed by atoms with Gasteiger partial charge in [0.1, 0.15) is 12.4 Å². The third-order valence-corrected chi connectivity index (χ3v) is 3.26. The second-order valence-electron chi connectivity index (χ2n) is 4.89. The lowest BCUT2D eigenvalue weighted by Crippen LogP contribution is -2.14. The molecule has 0 aliphatic rings. The lowest BCUT2D eigenvalue weighted by molar-refractivity contribution is 0.299. The zero-order valence-corrected chi connectivity index (χ0v) is 12.4. The number of nitrogens with zero attached hydrogens (tertiary/aromatic N) is 1. The van der Waals surface area contributed by atoms with Gasteiger partial charge in [0, 0.05) is 12.2 Å². The van der Waals surface area contributed by atoms with Gasteiger partial charge in [0.05, 0.1) is 5.69 Å². The fourth-order valence-corrected chi connectivity index (χ4v) is 2.03. The lowest BCUT2D eigenvalue weighted by atomic mass is 10.1. The van der Waals surface area contributed by atoms with E-state index in [1.807, 2.05) is 31.2 Å². The molecule has 0 fully saturated rings. The Morgan fingerprint density at radius 1 is 1.10 bits per heavy atom. The number of aromatic nitrogens is 1. The molecule has 0 radical (unpaired) electrons. The number of benzene rings is 1. The fourth-order valence-electron chi connectivity index (χ4n) is 2.03. The summed E-state index contributed by atoms with van der Waals surface area (Å²) in [7, 11) is 0. The van der Waals surface area contributed by atoms with E-state index in [0.29, 0.717) is 6.61 Å². The molecule has 0 spiro atoms. The smallest absolute Gasteiger partial charge is 0.142 e. The number of hydrogen-bond donors (Lipinski definition) is 1. The first-order chi connectivity index (χ1) is 9.70. The number of aryl methyl sites for hydroxylation is 2. The van der Waals surface area contributed by atoms with E-state index in [2.05, 4.69) is 36.3 Å². The van der Waals surface area contributed by atoms with E-state index in [0.717, 1.165) is 30.2 Å². The number of pyridine rings is 1. The van der Waals surface area contributed by atoms with Crippen molar-refractivity contribution in [2.24, 2.45) is 0 Å². The number of hydrogen-bond acceptors (Lipinski definition) is 3.